The summed E-state index contributed by atoms with van der Waals surface area (Å²) < 4.78 is 0. The van der Waals surface area contributed by atoms with Crippen molar-refractivity contribution in [2.75, 3.05) is 0 Å². The van der Waals surface area contributed by atoms with E-state index in [2.05, 4.69) is 152 Å². The number of rotatable bonds is 4. The van der Waals surface area contributed by atoms with Crippen LogP contribution in [0.2, 0.25) is 0 Å². The Bertz CT molecular complexity index is 1110. The summed E-state index contributed by atoms with van der Waals surface area (Å²) >= 11 is 0. The van der Waals surface area contributed by atoms with E-state index in [0.717, 1.165) is 0 Å². The molecule has 4 rings (SSSR count). The molecule has 0 unspecified atom stereocenters. The van der Waals surface area contributed by atoms with Crippen LogP contribution in [0.1, 0.15) is 72.2 Å². The molecular formula is C34H40. The van der Waals surface area contributed by atoms with Gasteiger partial charge in [-0.05, 0) is 49.9 Å². The van der Waals surface area contributed by atoms with Gasteiger partial charge in [0.1, 0.15) is 0 Å². The summed E-state index contributed by atoms with van der Waals surface area (Å²) in [4.78, 5) is 0. The zero-order chi connectivity index (χ0) is 24.9. The van der Waals surface area contributed by atoms with Crippen LogP contribution in [0.15, 0.2) is 97.1 Å². The van der Waals surface area contributed by atoms with Crippen molar-refractivity contribution in [2.45, 2.75) is 66.2 Å². The van der Waals surface area contributed by atoms with Crippen LogP contribution >= 0.6 is 0 Å². The van der Waals surface area contributed by atoms with Crippen LogP contribution in [0.5, 0.6) is 0 Å². The van der Waals surface area contributed by atoms with Crippen LogP contribution in [0.3, 0.4) is 0 Å². The van der Waals surface area contributed by atoms with E-state index in [9.17, 15) is 0 Å². The van der Waals surface area contributed by atoms with Gasteiger partial charge in [0.25, 0.3) is 0 Å². The molecule has 0 aliphatic carbocycles. The summed E-state index contributed by atoms with van der Waals surface area (Å²) in [7, 11) is 0. The Morgan fingerprint density at radius 3 is 1.00 bits per heavy atom. The molecule has 4 aromatic rings. The molecule has 0 heterocycles. The maximum Gasteiger partial charge on any atom is 0.0146 e. The number of benzene rings is 4. The van der Waals surface area contributed by atoms with Gasteiger partial charge in [0.2, 0.25) is 0 Å². The van der Waals surface area contributed by atoms with Gasteiger partial charge in [0, 0.05) is 10.8 Å². The van der Waals surface area contributed by atoms with Crippen LogP contribution in [-0.4, -0.2) is 0 Å². The summed E-state index contributed by atoms with van der Waals surface area (Å²) in [5, 5.41) is 0. The van der Waals surface area contributed by atoms with Gasteiger partial charge in [-0.25, -0.2) is 0 Å². The molecule has 0 amide bonds. The van der Waals surface area contributed by atoms with Crippen molar-refractivity contribution in [3.63, 3.8) is 0 Å². The van der Waals surface area contributed by atoms with Gasteiger partial charge in [0.05, 0.1) is 0 Å². The van der Waals surface area contributed by atoms with E-state index in [1.54, 1.807) is 0 Å². The number of aryl methyl sites for hydroxylation is 4. The van der Waals surface area contributed by atoms with E-state index in [1.807, 2.05) is 0 Å². The third kappa shape index (κ3) is 6.06. The Morgan fingerprint density at radius 2 is 0.676 bits per heavy atom. The fourth-order valence-electron chi connectivity index (χ4n) is 4.34. The number of hydrogen-bond acceptors (Lipinski definition) is 0. The van der Waals surface area contributed by atoms with Crippen molar-refractivity contribution in [1.82, 2.24) is 0 Å². The van der Waals surface area contributed by atoms with E-state index >= 15 is 0 Å². The van der Waals surface area contributed by atoms with Gasteiger partial charge in [-0.3, -0.25) is 0 Å². The average Bonchev–Trinajstić information content (AvgIpc) is 2.80. The normalized spacial score (nSPS) is 11.5. The Morgan fingerprint density at radius 1 is 0.353 bits per heavy atom. The van der Waals surface area contributed by atoms with Crippen molar-refractivity contribution in [1.29, 1.82) is 0 Å². The van der Waals surface area contributed by atoms with E-state index in [4.69, 9.17) is 0 Å². The largest absolute Gasteiger partial charge is 0.0617 e. The molecule has 0 N–H and O–H groups in total. The summed E-state index contributed by atoms with van der Waals surface area (Å²) in [5.74, 6) is 0. The van der Waals surface area contributed by atoms with Gasteiger partial charge in [-0.1, -0.05) is 147 Å². The number of hydrogen-bond donors (Lipinski definition) is 0. The third-order valence-electron chi connectivity index (χ3n) is 7.03. The van der Waals surface area contributed by atoms with Crippen molar-refractivity contribution >= 4 is 0 Å². The van der Waals surface area contributed by atoms with Gasteiger partial charge < -0.3 is 0 Å². The van der Waals surface area contributed by atoms with E-state index in [1.165, 1.54) is 44.5 Å². The van der Waals surface area contributed by atoms with E-state index in [-0.39, 0.29) is 10.8 Å². The average molecular weight is 449 g/mol. The highest BCUT2D eigenvalue weighted by Gasteiger charge is 2.23. The second kappa shape index (κ2) is 10.4. The van der Waals surface area contributed by atoms with Crippen LogP contribution in [0, 0.1) is 27.7 Å². The molecule has 0 aliphatic heterocycles. The molecule has 0 radical (unpaired) electrons. The minimum atomic E-state index is 0.0675. The van der Waals surface area contributed by atoms with Gasteiger partial charge in [-0.2, -0.15) is 0 Å². The maximum absolute atomic E-state index is 2.29. The molecule has 0 nitrogen and oxygen atoms in total. The van der Waals surface area contributed by atoms with Crippen molar-refractivity contribution in [2.24, 2.45) is 0 Å². The van der Waals surface area contributed by atoms with Crippen molar-refractivity contribution in [3.05, 3.63) is 142 Å². The summed E-state index contributed by atoms with van der Waals surface area (Å²) in [6.07, 6.45) is 0. The topological polar surface area (TPSA) is 0 Å². The molecule has 0 bridgehead atoms. The highest BCUT2D eigenvalue weighted by molar-refractivity contribution is 5.41. The fourth-order valence-corrected chi connectivity index (χ4v) is 4.34. The lowest BCUT2D eigenvalue weighted by molar-refractivity contribution is 0.639. The highest BCUT2D eigenvalue weighted by Crippen LogP contribution is 2.33. The quantitative estimate of drug-likeness (QED) is 0.292. The first kappa shape index (κ1) is 25.5. The predicted molar refractivity (Wildman–Crippen MR) is 149 cm³/mol. The van der Waals surface area contributed by atoms with Gasteiger partial charge in [-0.15, -0.1) is 0 Å². The molecule has 0 heteroatoms. The lowest BCUT2D eigenvalue weighted by Crippen LogP contribution is -2.19. The Labute approximate surface area is 207 Å². The molecule has 34 heavy (non-hydrogen) atoms. The molecule has 0 atom stereocenters. The lowest BCUT2D eigenvalue weighted by Gasteiger charge is -2.26. The molecule has 4 aromatic carbocycles. The van der Waals surface area contributed by atoms with Gasteiger partial charge in [0.15, 0.2) is 0 Å². The maximum atomic E-state index is 2.29. The standard InChI is InChI=1S/2C17H20/c1-13-5-9-15(10-6-13)17(3,4)16-11-7-14(2)8-12-16;1-13-7-5-9-15(11-13)17(3,4)16-10-6-8-14(2)12-16/h2*5-12H,1-4H3. The third-order valence-corrected chi connectivity index (χ3v) is 7.03. The minimum Gasteiger partial charge on any atom is -0.0617 e. The molecule has 0 aromatic heterocycles. The smallest absolute Gasteiger partial charge is 0.0146 e. The summed E-state index contributed by atoms with van der Waals surface area (Å²) in [6, 6.07) is 35.2. The van der Waals surface area contributed by atoms with Crippen LogP contribution in [0.25, 0.3) is 0 Å². The molecule has 0 fully saturated rings. The predicted octanol–water partition coefficient (Wildman–Crippen LogP) is 9.26. The van der Waals surface area contributed by atoms with Crippen molar-refractivity contribution < 1.29 is 0 Å². The molecule has 0 saturated carbocycles. The molecule has 176 valence electrons. The fraction of sp³-hybridized carbons (Fsp3) is 0.294. The van der Waals surface area contributed by atoms with E-state index < -0.39 is 0 Å². The Hall–Kier alpha value is -3.12. The van der Waals surface area contributed by atoms with Crippen LogP contribution in [0.4, 0.5) is 0 Å². The first-order valence-electron chi connectivity index (χ1n) is 12.3. The molecule has 0 saturated heterocycles. The Kier molecular flexibility index (Phi) is 7.82. The van der Waals surface area contributed by atoms with Crippen LogP contribution in [-0.2, 0) is 10.8 Å². The zero-order valence-corrected chi connectivity index (χ0v) is 22.2. The Balaban J connectivity index is 0.000000191. The second-order valence-corrected chi connectivity index (χ2v) is 10.7. The summed E-state index contributed by atoms with van der Waals surface area (Å²) in [6.45, 7) is 17.7. The monoisotopic (exact) mass is 448 g/mol. The lowest BCUT2D eigenvalue weighted by atomic mass is 9.77. The summed E-state index contributed by atoms with van der Waals surface area (Å²) in [5.41, 5.74) is 10.9. The van der Waals surface area contributed by atoms with Crippen molar-refractivity contribution in [3.8, 4) is 0 Å². The SMILES string of the molecule is Cc1ccc(C(C)(C)c2ccc(C)cc2)cc1.Cc1cccc(C(C)(C)c2cccc(C)c2)c1. The molecular weight excluding hydrogens is 408 g/mol. The second-order valence-electron chi connectivity index (χ2n) is 10.7. The van der Waals surface area contributed by atoms with Crippen LogP contribution < -0.4 is 0 Å². The highest BCUT2D eigenvalue weighted by atomic mass is 14.3. The van der Waals surface area contributed by atoms with E-state index in [0.29, 0.717) is 0 Å². The first-order valence-corrected chi connectivity index (χ1v) is 12.3. The van der Waals surface area contributed by atoms with Gasteiger partial charge >= 0.3 is 0 Å². The minimum absolute atomic E-state index is 0.0675. The zero-order valence-electron chi connectivity index (χ0n) is 22.2. The molecule has 0 spiro atoms. The molecule has 0 aliphatic rings. The first-order chi connectivity index (χ1) is 16.0.